The van der Waals surface area contributed by atoms with E-state index in [1.54, 1.807) is 6.08 Å². The monoisotopic (exact) mass is 259 g/mol. The molecular weight excluding hydrogens is 238 g/mol. The molecule has 3 nitrogen and oxygen atoms in total. The summed E-state index contributed by atoms with van der Waals surface area (Å²) < 4.78 is 5.63. The topological polar surface area (TPSA) is 29.5 Å². The van der Waals surface area contributed by atoms with Crippen LogP contribution in [0.2, 0.25) is 0 Å². The number of ether oxygens (including phenoxy) is 1. The predicted molar refractivity (Wildman–Crippen MR) is 76.8 cm³/mol. The van der Waals surface area contributed by atoms with E-state index in [1.807, 2.05) is 56.0 Å². The largest absolute Gasteiger partial charge is 0.372 e. The van der Waals surface area contributed by atoms with Crippen molar-refractivity contribution < 1.29 is 9.53 Å². The van der Waals surface area contributed by atoms with Gasteiger partial charge in [0.05, 0.1) is 12.2 Å². The summed E-state index contributed by atoms with van der Waals surface area (Å²) in [6.45, 7) is 7.38. The van der Waals surface area contributed by atoms with Crippen LogP contribution in [-0.4, -0.2) is 36.1 Å². The maximum atomic E-state index is 12.2. The van der Waals surface area contributed by atoms with Gasteiger partial charge in [-0.2, -0.15) is 0 Å². The fraction of sp³-hybridized carbons (Fsp3) is 0.438. The van der Waals surface area contributed by atoms with Crippen LogP contribution in [0.15, 0.2) is 30.3 Å². The zero-order chi connectivity index (χ0) is 13.8. The number of hydrogen-bond donors (Lipinski definition) is 0. The lowest BCUT2D eigenvalue weighted by atomic mass is 10.1. The SMILES string of the molecule is Cc1ccccc1/C=C/C(=O)N1C[C@H](C)O[C@@H](C)C1. The summed E-state index contributed by atoms with van der Waals surface area (Å²) in [5.41, 5.74) is 2.26. The molecule has 1 aromatic rings. The van der Waals surface area contributed by atoms with Gasteiger partial charge in [-0.25, -0.2) is 0 Å². The van der Waals surface area contributed by atoms with Gasteiger partial charge in [0.15, 0.2) is 0 Å². The molecule has 0 N–H and O–H groups in total. The molecule has 19 heavy (non-hydrogen) atoms. The molecule has 0 aromatic heterocycles. The van der Waals surface area contributed by atoms with Gasteiger partial charge in [0.2, 0.25) is 5.91 Å². The van der Waals surface area contributed by atoms with E-state index in [2.05, 4.69) is 0 Å². The maximum Gasteiger partial charge on any atom is 0.246 e. The molecule has 0 bridgehead atoms. The third kappa shape index (κ3) is 3.67. The number of aryl methyl sites for hydroxylation is 1. The lowest BCUT2D eigenvalue weighted by Gasteiger charge is -2.34. The Balaban J connectivity index is 2.03. The Morgan fingerprint density at radius 1 is 1.26 bits per heavy atom. The molecule has 0 unspecified atom stereocenters. The van der Waals surface area contributed by atoms with Crippen molar-refractivity contribution >= 4 is 12.0 Å². The van der Waals surface area contributed by atoms with Crippen LogP contribution in [0.5, 0.6) is 0 Å². The summed E-state index contributed by atoms with van der Waals surface area (Å²) in [6, 6.07) is 8.04. The van der Waals surface area contributed by atoms with Crippen molar-refractivity contribution in [2.45, 2.75) is 33.0 Å². The number of carbonyl (C=O) groups excluding carboxylic acids is 1. The van der Waals surface area contributed by atoms with E-state index in [0.717, 1.165) is 5.56 Å². The van der Waals surface area contributed by atoms with Crippen molar-refractivity contribution in [2.24, 2.45) is 0 Å². The Labute approximate surface area is 114 Å². The highest BCUT2D eigenvalue weighted by Crippen LogP contribution is 2.13. The van der Waals surface area contributed by atoms with E-state index in [0.29, 0.717) is 13.1 Å². The van der Waals surface area contributed by atoms with Crippen molar-refractivity contribution in [3.63, 3.8) is 0 Å². The fourth-order valence-electron chi connectivity index (χ4n) is 2.40. The van der Waals surface area contributed by atoms with Crippen LogP contribution in [0, 0.1) is 6.92 Å². The fourth-order valence-corrected chi connectivity index (χ4v) is 2.40. The average Bonchev–Trinajstić information content (AvgIpc) is 2.36. The molecule has 1 aliphatic rings. The second kappa shape index (κ2) is 6.02. The molecule has 1 aromatic carbocycles. The van der Waals surface area contributed by atoms with Crippen LogP contribution in [0.25, 0.3) is 6.08 Å². The normalized spacial score (nSPS) is 23.8. The van der Waals surface area contributed by atoms with Crippen LogP contribution in [0.1, 0.15) is 25.0 Å². The Morgan fingerprint density at radius 3 is 2.53 bits per heavy atom. The van der Waals surface area contributed by atoms with Crippen molar-refractivity contribution in [1.29, 1.82) is 0 Å². The minimum absolute atomic E-state index is 0.0604. The second-order valence-electron chi connectivity index (χ2n) is 5.19. The number of nitrogens with zero attached hydrogens (tertiary/aromatic N) is 1. The predicted octanol–water partition coefficient (Wildman–Crippen LogP) is 2.64. The third-order valence-electron chi connectivity index (χ3n) is 3.33. The van der Waals surface area contributed by atoms with Gasteiger partial charge in [0.25, 0.3) is 0 Å². The highest BCUT2D eigenvalue weighted by molar-refractivity contribution is 5.92. The molecule has 0 spiro atoms. The summed E-state index contributed by atoms with van der Waals surface area (Å²) in [4.78, 5) is 14.0. The van der Waals surface area contributed by atoms with Gasteiger partial charge in [0, 0.05) is 19.2 Å². The van der Waals surface area contributed by atoms with E-state index >= 15 is 0 Å². The Kier molecular flexibility index (Phi) is 4.38. The minimum Gasteiger partial charge on any atom is -0.372 e. The van der Waals surface area contributed by atoms with Gasteiger partial charge in [-0.3, -0.25) is 4.79 Å². The summed E-state index contributed by atoms with van der Waals surface area (Å²) in [6.07, 6.45) is 3.77. The van der Waals surface area contributed by atoms with Crippen LogP contribution in [0.4, 0.5) is 0 Å². The quantitative estimate of drug-likeness (QED) is 0.764. The molecule has 0 aliphatic carbocycles. The molecule has 0 radical (unpaired) electrons. The van der Waals surface area contributed by atoms with Gasteiger partial charge in [0.1, 0.15) is 0 Å². The first-order valence-corrected chi connectivity index (χ1v) is 6.74. The number of rotatable bonds is 2. The van der Waals surface area contributed by atoms with Gasteiger partial charge >= 0.3 is 0 Å². The van der Waals surface area contributed by atoms with Crippen molar-refractivity contribution in [3.8, 4) is 0 Å². The van der Waals surface area contributed by atoms with Crippen molar-refractivity contribution in [1.82, 2.24) is 4.90 Å². The Hall–Kier alpha value is -1.61. The van der Waals surface area contributed by atoms with E-state index in [1.165, 1.54) is 5.56 Å². The van der Waals surface area contributed by atoms with Crippen molar-refractivity contribution in [2.75, 3.05) is 13.1 Å². The molecule has 0 saturated carbocycles. The maximum absolute atomic E-state index is 12.2. The molecule has 2 atom stereocenters. The first-order valence-electron chi connectivity index (χ1n) is 6.74. The van der Waals surface area contributed by atoms with E-state index < -0.39 is 0 Å². The van der Waals surface area contributed by atoms with Gasteiger partial charge in [-0.1, -0.05) is 24.3 Å². The summed E-state index contributed by atoms with van der Waals surface area (Å²) in [7, 11) is 0. The van der Waals surface area contributed by atoms with E-state index in [-0.39, 0.29) is 18.1 Å². The van der Waals surface area contributed by atoms with Gasteiger partial charge < -0.3 is 9.64 Å². The molecule has 1 amide bonds. The van der Waals surface area contributed by atoms with Gasteiger partial charge in [-0.05, 0) is 38.0 Å². The van der Waals surface area contributed by atoms with Crippen molar-refractivity contribution in [3.05, 3.63) is 41.5 Å². The molecular formula is C16H21NO2. The van der Waals surface area contributed by atoms with Crippen LogP contribution < -0.4 is 0 Å². The first-order chi connectivity index (χ1) is 9.06. The molecule has 1 fully saturated rings. The highest BCUT2D eigenvalue weighted by Gasteiger charge is 2.24. The zero-order valence-electron chi connectivity index (χ0n) is 11.8. The van der Waals surface area contributed by atoms with Crippen LogP contribution >= 0.6 is 0 Å². The standard InChI is InChI=1S/C16H21NO2/c1-12-6-4-5-7-15(12)8-9-16(18)17-10-13(2)19-14(3)11-17/h4-9,13-14H,10-11H2,1-3H3/b9-8+/t13-,14-/m0/s1. The summed E-state index contributed by atoms with van der Waals surface area (Å²) in [5, 5.41) is 0. The molecule has 1 heterocycles. The summed E-state index contributed by atoms with van der Waals surface area (Å²) in [5.74, 6) is 0.0604. The number of carbonyl (C=O) groups is 1. The Bertz CT molecular complexity index is 471. The second-order valence-corrected chi connectivity index (χ2v) is 5.19. The molecule has 102 valence electrons. The van der Waals surface area contributed by atoms with E-state index in [9.17, 15) is 4.79 Å². The Morgan fingerprint density at radius 2 is 1.89 bits per heavy atom. The lowest BCUT2D eigenvalue weighted by Crippen LogP contribution is -2.47. The number of hydrogen-bond acceptors (Lipinski definition) is 2. The van der Waals surface area contributed by atoms with Crippen LogP contribution in [0.3, 0.4) is 0 Å². The minimum atomic E-state index is 0.0604. The molecule has 3 heteroatoms. The third-order valence-corrected chi connectivity index (χ3v) is 3.33. The molecule has 2 rings (SSSR count). The first kappa shape index (κ1) is 13.8. The average molecular weight is 259 g/mol. The zero-order valence-corrected chi connectivity index (χ0v) is 11.8. The highest BCUT2D eigenvalue weighted by atomic mass is 16.5. The number of morpholine rings is 1. The smallest absolute Gasteiger partial charge is 0.246 e. The summed E-state index contributed by atoms with van der Waals surface area (Å²) >= 11 is 0. The molecule has 1 aliphatic heterocycles. The molecule has 1 saturated heterocycles. The number of amides is 1. The van der Waals surface area contributed by atoms with Gasteiger partial charge in [-0.15, -0.1) is 0 Å². The van der Waals surface area contributed by atoms with E-state index in [4.69, 9.17) is 4.74 Å². The number of benzene rings is 1. The van der Waals surface area contributed by atoms with Crippen LogP contribution in [-0.2, 0) is 9.53 Å². The lowest BCUT2D eigenvalue weighted by molar-refractivity contribution is -0.137.